The number of thiophene rings is 1. The zero-order chi connectivity index (χ0) is 17.6. The second kappa shape index (κ2) is 8.00. The number of hydrogen-bond acceptors (Lipinski definition) is 3. The van der Waals surface area contributed by atoms with Crippen molar-refractivity contribution in [3.8, 4) is 0 Å². The van der Waals surface area contributed by atoms with Crippen LogP contribution in [-0.4, -0.2) is 12.5 Å². The van der Waals surface area contributed by atoms with E-state index < -0.39 is 5.82 Å². The van der Waals surface area contributed by atoms with Crippen LogP contribution in [0.4, 0.5) is 14.5 Å². The molecule has 1 amide bonds. The summed E-state index contributed by atoms with van der Waals surface area (Å²) in [5.74, 6) is -1.000. The zero-order valence-electron chi connectivity index (χ0n) is 13.2. The number of rotatable bonds is 6. The summed E-state index contributed by atoms with van der Waals surface area (Å²) in [5, 5.41) is 7.77. The fourth-order valence-electron chi connectivity index (χ4n) is 2.46. The number of halogens is 2. The van der Waals surface area contributed by atoms with Crippen molar-refractivity contribution >= 4 is 22.9 Å². The van der Waals surface area contributed by atoms with Crippen molar-refractivity contribution in [2.45, 2.75) is 6.04 Å². The summed E-state index contributed by atoms with van der Waals surface area (Å²) in [6, 6.07) is 15.6. The molecular weight excluding hydrogens is 342 g/mol. The van der Waals surface area contributed by atoms with Crippen LogP contribution in [0.3, 0.4) is 0 Å². The van der Waals surface area contributed by atoms with Gasteiger partial charge in [-0.1, -0.05) is 24.3 Å². The van der Waals surface area contributed by atoms with Gasteiger partial charge in [-0.15, -0.1) is 11.3 Å². The first-order chi connectivity index (χ1) is 12.1. The first-order valence-electron chi connectivity index (χ1n) is 7.69. The Bertz CT molecular complexity index is 835. The van der Waals surface area contributed by atoms with Crippen LogP contribution >= 0.6 is 11.3 Å². The van der Waals surface area contributed by atoms with Gasteiger partial charge in [-0.2, -0.15) is 0 Å². The molecule has 0 unspecified atom stereocenters. The fraction of sp³-hybridized carbons (Fsp3) is 0.105. The van der Waals surface area contributed by atoms with Gasteiger partial charge in [0.25, 0.3) is 0 Å². The van der Waals surface area contributed by atoms with Crippen molar-refractivity contribution in [2.75, 3.05) is 11.9 Å². The molecule has 3 nitrogen and oxygen atoms in total. The lowest BCUT2D eigenvalue weighted by atomic mass is 10.1. The van der Waals surface area contributed by atoms with Crippen LogP contribution in [0.25, 0.3) is 0 Å². The molecule has 6 heteroatoms. The molecule has 2 N–H and O–H groups in total. The Balaban J connectivity index is 1.68. The maximum absolute atomic E-state index is 13.2. The Morgan fingerprint density at radius 1 is 1.00 bits per heavy atom. The molecule has 0 fully saturated rings. The van der Waals surface area contributed by atoms with Crippen molar-refractivity contribution in [3.05, 3.63) is 88.1 Å². The number of anilines is 1. The van der Waals surface area contributed by atoms with Crippen LogP contribution in [0.2, 0.25) is 0 Å². The van der Waals surface area contributed by atoms with E-state index in [9.17, 15) is 13.6 Å². The van der Waals surface area contributed by atoms with Crippen molar-refractivity contribution in [2.24, 2.45) is 0 Å². The van der Waals surface area contributed by atoms with E-state index in [1.165, 1.54) is 30.3 Å². The lowest BCUT2D eigenvalue weighted by Gasteiger charge is -2.18. The summed E-state index contributed by atoms with van der Waals surface area (Å²) in [5.41, 5.74) is 1.27. The molecule has 0 bridgehead atoms. The standard InChI is InChI=1S/C19H16F2N2OS/c20-14-8-6-13(7-9-14)19(17-5-2-10-25-17)22-12-18(24)23-16-4-1-3-15(21)11-16/h1-11,19,22H,12H2,(H,23,24)/t19-/m1/s1. The van der Waals surface area contributed by atoms with Crippen molar-refractivity contribution < 1.29 is 13.6 Å². The molecule has 25 heavy (non-hydrogen) atoms. The smallest absolute Gasteiger partial charge is 0.238 e. The molecule has 0 saturated heterocycles. The van der Waals surface area contributed by atoms with Gasteiger partial charge in [0.05, 0.1) is 12.6 Å². The topological polar surface area (TPSA) is 41.1 Å². The average molecular weight is 358 g/mol. The quantitative estimate of drug-likeness (QED) is 0.688. The molecule has 2 aromatic carbocycles. The van der Waals surface area contributed by atoms with Crippen LogP contribution in [0.1, 0.15) is 16.5 Å². The highest BCUT2D eigenvalue weighted by atomic mass is 32.1. The Labute approximate surface area is 148 Å². The third-order valence-corrected chi connectivity index (χ3v) is 4.54. The molecule has 1 aromatic heterocycles. The third-order valence-electron chi connectivity index (χ3n) is 3.61. The van der Waals surface area contributed by atoms with Gasteiger partial charge < -0.3 is 5.32 Å². The minimum atomic E-state index is -0.409. The highest BCUT2D eigenvalue weighted by molar-refractivity contribution is 7.10. The van der Waals surface area contributed by atoms with Gasteiger partial charge in [-0.3, -0.25) is 10.1 Å². The maximum atomic E-state index is 13.2. The Morgan fingerprint density at radius 3 is 2.48 bits per heavy atom. The highest BCUT2D eigenvalue weighted by Gasteiger charge is 2.16. The van der Waals surface area contributed by atoms with Gasteiger partial charge in [0.15, 0.2) is 0 Å². The first-order valence-corrected chi connectivity index (χ1v) is 8.57. The van der Waals surface area contributed by atoms with E-state index in [2.05, 4.69) is 10.6 Å². The molecule has 0 aliphatic heterocycles. The molecule has 0 radical (unpaired) electrons. The molecule has 3 rings (SSSR count). The van der Waals surface area contributed by atoms with E-state index >= 15 is 0 Å². The van der Waals surface area contributed by atoms with Crippen molar-refractivity contribution in [3.63, 3.8) is 0 Å². The monoisotopic (exact) mass is 358 g/mol. The average Bonchev–Trinajstić information content (AvgIpc) is 3.11. The van der Waals surface area contributed by atoms with E-state index in [0.717, 1.165) is 10.4 Å². The summed E-state index contributed by atoms with van der Waals surface area (Å²) in [7, 11) is 0. The third kappa shape index (κ3) is 4.71. The molecule has 0 aliphatic carbocycles. The van der Waals surface area contributed by atoms with E-state index in [1.807, 2.05) is 17.5 Å². The summed E-state index contributed by atoms with van der Waals surface area (Å²) >= 11 is 1.55. The Morgan fingerprint density at radius 2 is 1.80 bits per heavy atom. The van der Waals surface area contributed by atoms with Gasteiger partial charge in [0.1, 0.15) is 11.6 Å². The molecule has 128 valence electrons. The van der Waals surface area contributed by atoms with Gasteiger partial charge in [0, 0.05) is 10.6 Å². The first kappa shape index (κ1) is 17.3. The van der Waals surface area contributed by atoms with Crippen molar-refractivity contribution in [1.82, 2.24) is 5.32 Å². The molecule has 0 saturated carbocycles. The predicted molar refractivity (Wildman–Crippen MR) is 95.6 cm³/mol. The number of amides is 1. The fourth-order valence-corrected chi connectivity index (χ4v) is 3.29. The number of hydrogen-bond donors (Lipinski definition) is 2. The lowest BCUT2D eigenvalue weighted by Crippen LogP contribution is -2.31. The highest BCUT2D eigenvalue weighted by Crippen LogP contribution is 2.26. The van der Waals surface area contributed by atoms with Crippen LogP contribution in [0, 0.1) is 11.6 Å². The Hall–Kier alpha value is -2.57. The van der Waals surface area contributed by atoms with Gasteiger partial charge >= 0.3 is 0 Å². The van der Waals surface area contributed by atoms with Gasteiger partial charge in [-0.05, 0) is 47.3 Å². The summed E-state index contributed by atoms with van der Waals surface area (Å²) in [6.07, 6.45) is 0. The predicted octanol–water partition coefficient (Wildman–Crippen LogP) is 4.34. The molecule has 0 spiro atoms. The van der Waals surface area contributed by atoms with E-state index in [4.69, 9.17) is 0 Å². The van der Waals surface area contributed by atoms with Crippen molar-refractivity contribution in [1.29, 1.82) is 0 Å². The van der Waals surface area contributed by atoms with Crippen LogP contribution < -0.4 is 10.6 Å². The number of benzene rings is 2. The number of carbonyl (C=O) groups excluding carboxylic acids is 1. The van der Waals surface area contributed by atoms with E-state index in [-0.39, 0.29) is 24.3 Å². The van der Waals surface area contributed by atoms with E-state index in [1.54, 1.807) is 29.5 Å². The van der Waals surface area contributed by atoms with Crippen LogP contribution in [-0.2, 0) is 4.79 Å². The number of carbonyl (C=O) groups is 1. The largest absolute Gasteiger partial charge is 0.325 e. The normalized spacial score (nSPS) is 11.9. The van der Waals surface area contributed by atoms with E-state index in [0.29, 0.717) is 5.69 Å². The van der Waals surface area contributed by atoms with Crippen LogP contribution in [0.5, 0.6) is 0 Å². The molecule has 1 heterocycles. The molecule has 1 atom stereocenters. The minimum Gasteiger partial charge on any atom is -0.325 e. The Kier molecular flexibility index (Phi) is 5.53. The lowest BCUT2D eigenvalue weighted by molar-refractivity contribution is -0.115. The van der Waals surface area contributed by atoms with Gasteiger partial charge in [0.2, 0.25) is 5.91 Å². The minimum absolute atomic E-state index is 0.0382. The maximum Gasteiger partial charge on any atom is 0.238 e. The SMILES string of the molecule is O=C(CN[C@H](c1ccc(F)cc1)c1cccs1)Nc1cccc(F)c1. The summed E-state index contributed by atoms with van der Waals surface area (Å²) in [4.78, 5) is 13.1. The second-order valence-corrected chi connectivity index (χ2v) is 6.42. The van der Waals surface area contributed by atoms with Gasteiger partial charge in [-0.25, -0.2) is 8.78 Å². The molecule has 0 aliphatic rings. The van der Waals surface area contributed by atoms with Crippen LogP contribution in [0.15, 0.2) is 66.0 Å². The molecular formula is C19H16F2N2OS. The zero-order valence-corrected chi connectivity index (χ0v) is 14.0. The molecule has 3 aromatic rings. The second-order valence-electron chi connectivity index (χ2n) is 5.44. The summed E-state index contributed by atoms with van der Waals surface area (Å²) < 4.78 is 26.3. The number of nitrogens with one attached hydrogen (secondary N) is 2. The summed E-state index contributed by atoms with van der Waals surface area (Å²) in [6.45, 7) is 0.0382.